The molecule has 2 heterocycles. The van der Waals surface area contributed by atoms with Gasteiger partial charge < -0.3 is 0 Å². The summed E-state index contributed by atoms with van der Waals surface area (Å²) < 4.78 is 0. The predicted octanol–water partition coefficient (Wildman–Crippen LogP) is 2.31. The van der Waals surface area contributed by atoms with Crippen LogP contribution in [0.4, 0.5) is 0 Å². The standard InChI is InChI=1S/C16H17N3/c1-19-10-13-9-17-11-18-15(13)8-16(19)7-6-12-4-2-3-5-14(12)16/h2-5,9,11H,6-8,10H2,1H3. The Balaban J connectivity index is 1.85. The lowest BCUT2D eigenvalue weighted by Gasteiger charge is -2.43. The van der Waals surface area contributed by atoms with Gasteiger partial charge in [0.15, 0.2) is 0 Å². The van der Waals surface area contributed by atoms with Gasteiger partial charge in [0.2, 0.25) is 0 Å². The lowest BCUT2D eigenvalue weighted by molar-refractivity contribution is 0.0929. The van der Waals surface area contributed by atoms with Crippen LogP contribution in [0.2, 0.25) is 0 Å². The molecule has 0 amide bonds. The fourth-order valence-electron chi connectivity index (χ4n) is 3.74. The summed E-state index contributed by atoms with van der Waals surface area (Å²) in [6.07, 6.45) is 7.04. The number of likely N-dealkylation sites (N-methyl/N-ethyl adjacent to an activating group) is 1. The van der Waals surface area contributed by atoms with Crippen LogP contribution in [-0.2, 0) is 24.9 Å². The Morgan fingerprint density at radius 2 is 2.11 bits per heavy atom. The Morgan fingerprint density at radius 3 is 3.05 bits per heavy atom. The van der Waals surface area contributed by atoms with E-state index in [1.165, 1.54) is 35.2 Å². The van der Waals surface area contributed by atoms with Crippen molar-refractivity contribution in [2.45, 2.75) is 31.3 Å². The molecule has 0 fully saturated rings. The molecule has 3 heteroatoms. The molecular weight excluding hydrogens is 234 g/mol. The molecule has 2 aromatic rings. The highest BCUT2D eigenvalue weighted by molar-refractivity contribution is 5.42. The van der Waals surface area contributed by atoms with Crippen LogP contribution in [0.25, 0.3) is 0 Å². The minimum absolute atomic E-state index is 0.151. The maximum absolute atomic E-state index is 4.51. The zero-order chi connectivity index (χ0) is 12.9. The molecule has 3 nitrogen and oxygen atoms in total. The monoisotopic (exact) mass is 251 g/mol. The first-order chi connectivity index (χ1) is 9.29. The molecule has 1 atom stereocenters. The molecule has 0 saturated carbocycles. The highest BCUT2D eigenvalue weighted by atomic mass is 15.2. The topological polar surface area (TPSA) is 29.0 Å². The van der Waals surface area contributed by atoms with Gasteiger partial charge >= 0.3 is 0 Å². The van der Waals surface area contributed by atoms with Crippen molar-refractivity contribution in [3.05, 3.63) is 59.2 Å². The van der Waals surface area contributed by atoms with Gasteiger partial charge in [0, 0.05) is 24.7 Å². The van der Waals surface area contributed by atoms with E-state index in [0.29, 0.717) is 0 Å². The molecule has 0 bridgehead atoms. The van der Waals surface area contributed by atoms with E-state index in [2.05, 4.69) is 46.2 Å². The Hall–Kier alpha value is -1.74. The maximum atomic E-state index is 4.51. The number of aromatic nitrogens is 2. The first-order valence-corrected chi connectivity index (χ1v) is 6.87. The molecule has 19 heavy (non-hydrogen) atoms. The van der Waals surface area contributed by atoms with Crippen molar-refractivity contribution in [1.29, 1.82) is 0 Å². The third-order valence-corrected chi connectivity index (χ3v) is 4.81. The molecule has 96 valence electrons. The first kappa shape index (κ1) is 11.1. The number of benzene rings is 1. The molecule has 1 spiro atoms. The van der Waals surface area contributed by atoms with Crippen LogP contribution in [0.15, 0.2) is 36.8 Å². The number of nitrogens with zero attached hydrogens (tertiary/aromatic N) is 3. The summed E-state index contributed by atoms with van der Waals surface area (Å²) >= 11 is 0. The van der Waals surface area contributed by atoms with E-state index >= 15 is 0 Å². The molecule has 1 aromatic carbocycles. The summed E-state index contributed by atoms with van der Waals surface area (Å²) in [6, 6.07) is 8.88. The van der Waals surface area contributed by atoms with Crippen molar-refractivity contribution in [3.8, 4) is 0 Å². The van der Waals surface area contributed by atoms with Gasteiger partial charge in [-0.2, -0.15) is 0 Å². The average molecular weight is 251 g/mol. The van der Waals surface area contributed by atoms with E-state index in [0.717, 1.165) is 13.0 Å². The van der Waals surface area contributed by atoms with Crippen molar-refractivity contribution in [2.75, 3.05) is 7.05 Å². The van der Waals surface area contributed by atoms with Crippen LogP contribution < -0.4 is 0 Å². The van der Waals surface area contributed by atoms with Gasteiger partial charge in [0.05, 0.1) is 11.2 Å². The number of hydrogen-bond acceptors (Lipinski definition) is 3. The molecule has 0 radical (unpaired) electrons. The molecule has 1 aliphatic carbocycles. The lowest BCUT2D eigenvalue weighted by Crippen LogP contribution is -2.47. The summed E-state index contributed by atoms with van der Waals surface area (Å²) in [6.45, 7) is 0.949. The van der Waals surface area contributed by atoms with E-state index in [-0.39, 0.29) is 5.54 Å². The molecule has 1 aliphatic heterocycles. The minimum Gasteiger partial charge on any atom is -0.292 e. The smallest absolute Gasteiger partial charge is 0.115 e. The van der Waals surface area contributed by atoms with Crippen molar-refractivity contribution < 1.29 is 0 Å². The second-order valence-corrected chi connectivity index (χ2v) is 5.72. The highest BCUT2D eigenvalue weighted by Gasteiger charge is 2.45. The normalized spacial score (nSPS) is 25.3. The Morgan fingerprint density at radius 1 is 1.21 bits per heavy atom. The van der Waals surface area contributed by atoms with Crippen LogP contribution in [0.3, 0.4) is 0 Å². The van der Waals surface area contributed by atoms with Gasteiger partial charge in [-0.15, -0.1) is 0 Å². The summed E-state index contributed by atoms with van der Waals surface area (Å²) in [5.41, 5.74) is 5.66. The molecule has 4 rings (SSSR count). The maximum Gasteiger partial charge on any atom is 0.115 e. The van der Waals surface area contributed by atoms with Gasteiger partial charge in [0.1, 0.15) is 6.33 Å². The number of hydrogen-bond donors (Lipinski definition) is 0. The summed E-state index contributed by atoms with van der Waals surface area (Å²) in [7, 11) is 2.23. The molecule has 1 unspecified atom stereocenters. The summed E-state index contributed by atoms with van der Waals surface area (Å²) in [4.78, 5) is 11.2. The summed E-state index contributed by atoms with van der Waals surface area (Å²) in [5.74, 6) is 0. The lowest BCUT2D eigenvalue weighted by atomic mass is 9.81. The molecule has 1 aromatic heterocycles. The fraction of sp³-hybridized carbons (Fsp3) is 0.375. The second-order valence-electron chi connectivity index (χ2n) is 5.72. The number of aryl methyl sites for hydroxylation is 1. The van der Waals surface area contributed by atoms with Crippen molar-refractivity contribution in [3.63, 3.8) is 0 Å². The quantitative estimate of drug-likeness (QED) is 0.719. The van der Waals surface area contributed by atoms with Crippen LogP contribution >= 0.6 is 0 Å². The summed E-state index contributed by atoms with van der Waals surface area (Å²) in [5, 5.41) is 0. The second kappa shape index (κ2) is 3.87. The van der Waals surface area contributed by atoms with Crippen LogP contribution in [0, 0.1) is 0 Å². The van der Waals surface area contributed by atoms with Gasteiger partial charge in [0.25, 0.3) is 0 Å². The zero-order valence-electron chi connectivity index (χ0n) is 11.1. The van der Waals surface area contributed by atoms with Gasteiger partial charge in [-0.1, -0.05) is 24.3 Å². The van der Waals surface area contributed by atoms with Gasteiger partial charge in [-0.3, -0.25) is 4.90 Å². The Bertz CT molecular complexity index is 637. The van der Waals surface area contributed by atoms with Crippen LogP contribution in [0.1, 0.15) is 28.8 Å². The largest absolute Gasteiger partial charge is 0.292 e. The highest BCUT2D eigenvalue weighted by Crippen LogP contribution is 2.46. The van der Waals surface area contributed by atoms with E-state index in [4.69, 9.17) is 0 Å². The van der Waals surface area contributed by atoms with Crippen LogP contribution in [-0.4, -0.2) is 21.9 Å². The minimum atomic E-state index is 0.151. The SMILES string of the molecule is CN1Cc2cncnc2CC12CCc1ccccc12. The van der Waals surface area contributed by atoms with Crippen molar-refractivity contribution >= 4 is 0 Å². The molecule has 0 N–H and O–H groups in total. The Labute approximate surface area is 113 Å². The predicted molar refractivity (Wildman–Crippen MR) is 73.6 cm³/mol. The third kappa shape index (κ3) is 1.48. The van der Waals surface area contributed by atoms with E-state index in [9.17, 15) is 0 Å². The van der Waals surface area contributed by atoms with E-state index < -0.39 is 0 Å². The number of rotatable bonds is 0. The molecule has 0 saturated heterocycles. The average Bonchev–Trinajstić information content (AvgIpc) is 2.81. The third-order valence-electron chi connectivity index (χ3n) is 4.81. The van der Waals surface area contributed by atoms with Crippen molar-refractivity contribution in [1.82, 2.24) is 14.9 Å². The molecule has 2 aliphatic rings. The van der Waals surface area contributed by atoms with E-state index in [1.54, 1.807) is 6.33 Å². The molecular formula is C16H17N3. The fourth-order valence-corrected chi connectivity index (χ4v) is 3.74. The zero-order valence-corrected chi connectivity index (χ0v) is 11.1. The van der Waals surface area contributed by atoms with Crippen LogP contribution in [0.5, 0.6) is 0 Å². The number of fused-ring (bicyclic) bond motifs is 3. The van der Waals surface area contributed by atoms with E-state index in [1.807, 2.05) is 6.20 Å². The van der Waals surface area contributed by atoms with Gasteiger partial charge in [-0.25, -0.2) is 9.97 Å². The first-order valence-electron chi connectivity index (χ1n) is 6.87. The van der Waals surface area contributed by atoms with Crippen molar-refractivity contribution in [2.24, 2.45) is 0 Å². The van der Waals surface area contributed by atoms with Gasteiger partial charge in [-0.05, 0) is 31.0 Å². The Kier molecular flexibility index (Phi) is 2.27.